The Hall–Kier alpha value is -0.0400. The number of epoxide rings is 1. The lowest BCUT2D eigenvalue weighted by molar-refractivity contribution is 0.0436. The summed E-state index contributed by atoms with van der Waals surface area (Å²) in [7, 11) is 0. The summed E-state index contributed by atoms with van der Waals surface area (Å²) in [5, 5.41) is 0. The van der Waals surface area contributed by atoms with Crippen molar-refractivity contribution in [2.24, 2.45) is 10.8 Å². The molecule has 0 atom stereocenters. The zero-order valence-electron chi connectivity index (χ0n) is 8.74. The fraction of sp³-hybridized carbons (Fsp3) is 1.00. The van der Waals surface area contributed by atoms with Crippen LogP contribution in [-0.2, 0) is 4.74 Å². The molecule has 12 heavy (non-hydrogen) atoms. The number of rotatable bonds is 0. The molecule has 0 N–H and O–H groups in total. The summed E-state index contributed by atoms with van der Waals surface area (Å²) in [6, 6.07) is 0. The third-order valence-corrected chi connectivity index (χ3v) is 3.11. The van der Waals surface area contributed by atoms with E-state index >= 15 is 0 Å². The van der Waals surface area contributed by atoms with Crippen LogP contribution < -0.4 is 0 Å². The minimum Gasteiger partial charge on any atom is -0.370 e. The maximum Gasteiger partial charge on any atom is 0.0926 e. The molecule has 1 saturated heterocycles. The molecule has 1 spiro atoms. The molecule has 70 valence electrons. The highest BCUT2D eigenvalue weighted by molar-refractivity contribution is 5.04. The van der Waals surface area contributed by atoms with Crippen molar-refractivity contribution < 1.29 is 4.74 Å². The van der Waals surface area contributed by atoms with Crippen LogP contribution in [0.2, 0.25) is 0 Å². The molecule has 0 aromatic rings. The Morgan fingerprint density at radius 3 is 1.58 bits per heavy atom. The van der Waals surface area contributed by atoms with Crippen molar-refractivity contribution >= 4 is 0 Å². The molecule has 2 fully saturated rings. The van der Waals surface area contributed by atoms with E-state index in [1.165, 1.54) is 19.3 Å². The van der Waals surface area contributed by atoms with E-state index in [0.29, 0.717) is 16.4 Å². The lowest BCUT2D eigenvalue weighted by atomic mass is 9.61. The van der Waals surface area contributed by atoms with Crippen molar-refractivity contribution in [3.05, 3.63) is 0 Å². The SMILES string of the molecule is CC1(C)CC(C)(C)CC2(CO2)C1. The van der Waals surface area contributed by atoms with E-state index in [2.05, 4.69) is 27.7 Å². The highest BCUT2D eigenvalue weighted by Crippen LogP contribution is 2.56. The summed E-state index contributed by atoms with van der Waals surface area (Å²) >= 11 is 0. The van der Waals surface area contributed by atoms with E-state index < -0.39 is 0 Å². The number of ether oxygens (including phenoxy) is 1. The second-order valence-corrected chi connectivity index (χ2v) is 6.33. The Balaban J connectivity index is 2.17. The zero-order chi connectivity index (χ0) is 9.04. The molecular weight excluding hydrogens is 148 g/mol. The zero-order valence-corrected chi connectivity index (χ0v) is 8.74. The van der Waals surface area contributed by atoms with Gasteiger partial charge in [-0.15, -0.1) is 0 Å². The molecular formula is C11H20O. The van der Waals surface area contributed by atoms with Gasteiger partial charge in [-0.25, -0.2) is 0 Å². The van der Waals surface area contributed by atoms with E-state index in [1.54, 1.807) is 0 Å². The van der Waals surface area contributed by atoms with Gasteiger partial charge in [0.2, 0.25) is 0 Å². The van der Waals surface area contributed by atoms with Crippen LogP contribution in [0.1, 0.15) is 47.0 Å². The molecule has 2 aliphatic rings. The van der Waals surface area contributed by atoms with Gasteiger partial charge in [0, 0.05) is 0 Å². The third-order valence-electron chi connectivity index (χ3n) is 3.11. The van der Waals surface area contributed by atoms with Gasteiger partial charge in [-0.3, -0.25) is 0 Å². The van der Waals surface area contributed by atoms with E-state index in [4.69, 9.17) is 4.74 Å². The van der Waals surface area contributed by atoms with E-state index in [1.807, 2.05) is 0 Å². The predicted molar refractivity (Wildman–Crippen MR) is 50.1 cm³/mol. The average Bonchev–Trinajstić information content (AvgIpc) is 2.37. The summed E-state index contributed by atoms with van der Waals surface area (Å²) < 4.78 is 5.61. The first-order valence-electron chi connectivity index (χ1n) is 4.97. The molecule has 1 heteroatoms. The molecule has 1 aliphatic heterocycles. The molecule has 0 aromatic carbocycles. The fourth-order valence-electron chi connectivity index (χ4n) is 3.53. The van der Waals surface area contributed by atoms with Crippen molar-refractivity contribution in [1.29, 1.82) is 0 Å². The fourth-order valence-corrected chi connectivity index (χ4v) is 3.53. The summed E-state index contributed by atoms with van der Waals surface area (Å²) in [4.78, 5) is 0. The standard InChI is InChI=1S/C11H20O/c1-9(2)5-10(3,4)7-11(6-9)8-12-11/h5-8H2,1-4H3. The van der Waals surface area contributed by atoms with Gasteiger partial charge in [0.15, 0.2) is 0 Å². The van der Waals surface area contributed by atoms with Crippen molar-refractivity contribution in [3.63, 3.8) is 0 Å². The highest BCUT2D eigenvalue weighted by atomic mass is 16.6. The van der Waals surface area contributed by atoms with E-state index in [-0.39, 0.29) is 0 Å². The lowest BCUT2D eigenvalue weighted by Crippen LogP contribution is -2.38. The average molecular weight is 168 g/mol. The highest BCUT2D eigenvalue weighted by Gasteiger charge is 2.55. The van der Waals surface area contributed by atoms with Crippen LogP contribution in [-0.4, -0.2) is 12.2 Å². The maximum absolute atomic E-state index is 5.61. The van der Waals surface area contributed by atoms with Gasteiger partial charge in [0.25, 0.3) is 0 Å². The normalized spacial score (nSPS) is 35.0. The molecule has 0 bridgehead atoms. The van der Waals surface area contributed by atoms with Gasteiger partial charge in [-0.2, -0.15) is 0 Å². The molecule has 1 aliphatic carbocycles. The number of hydrogen-bond acceptors (Lipinski definition) is 1. The molecule has 1 nitrogen and oxygen atoms in total. The first-order chi connectivity index (χ1) is 5.33. The summed E-state index contributed by atoms with van der Waals surface area (Å²) in [6.45, 7) is 10.5. The van der Waals surface area contributed by atoms with E-state index in [0.717, 1.165) is 6.61 Å². The van der Waals surface area contributed by atoms with Gasteiger partial charge in [-0.1, -0.05) is 27.7 Å². The van der Waals surface area contributed by atoms with Gasteiger partial charge < -0.3 is 4.74 Å². The van der Waals surface area contributed by atoms with Crippen LogP contribution in [0.15, 0.2) is 0 Å². The van der Waals surface area contributed by atoms with Crippen LogP contribution in [0, 0.1) is 10.8 Å². The first-order valence-corrected chi connectivity index (χ1v) is 4.97. The molecule has 1 saturated carbocycles. The smallest absolute Gasteiger partial charge is 0.0926 e. The second-order valence-electron chi connectivity index (χ2n) is 6.33. The molecule has 2 rings (SSSR count). The molecule has 0 aromatic heterocycles. The van der Waals surface area contributed by atoms with Crippen molar-refractivity contribution in [2.45, 2.75) is 52.6 Å². The molecule has 0 amide bonds. The van der Waals surface area contributed by atoms with E-state index in [9.17, 15) is 0 Å². The minimum atomic E-state index is 0.297. The Morgan fingerprint density at radius 1 is 0.833 bits per heavy atom. The van der Waals surface area contributed by atoms with Crippen molar-refractivity contribution in [3.8, 4) is 0 Å². The van der Waals surface area contributed by atoms with Gasteiger partial charge in [-0.05, 0) is 30.1 Å². The quantitative estimate of drug-likeness (QED) is 0.506. The van der Waals surface area contributed by atoms with Crippen LogP contribution in [0.5, 0.6) is 0 Å². The first kappa shape index (κ1) is 8.55. The summed E-state index contributed by atoms with van der Waals surface area (Å²) in [5.74, 6) is 0. The monoisotopic (exact) mass is 168 g/mol. The Morgan fingerprint density at radius 2 is 1.25 bits per heavy atom. The second kappa shape index (κ2) is 2.06. The number of hydrogen-bond donors (Lipinski definition) is 0. The predicted octanol–water partition coefficient (Wildman–Crippen LogP) is 2.99. The Kier molecular flexibility index (Phi) is 1.47. The topological polar surface area (TPSA) is 12.5 Å². The summed E-state index contributed by atoms with van der Waals surface area (Å²) in [5.41, 5.74) is 1.27. The Bertz CT molecular complexity index is 168. The van der Waals surface area contributed by atoms with Gasteiger partial charge in [0.1, 0.15) is 0 Å². The van der Waals surface area contributed by atoms with Crippen molar-refractivity contribution in [1.82, 2.24) is 0 Å². The largest absolute Gasteiger partial charge is 0.370 e. The lowest BCUT2D eigenvalue weighted by Gasteiger charge is -2.43. The van der Waals surface area contributed by atoms with Gasteiger partial charge >= 0.3 is 0 Å². The summed E-state index contributed by atoms with van der Waals surface area (Å²) in [6.07, 6.45) is 3.87. The minimum absolute atomic E-state index is 0.297. The Labute approximate surface area is 75.5 Å². The molecule has 0 radical (unpaired) electrons. The van der Waals surface area contributed by atoms with Crippen molar-refractivity contribution in [2.75, 3.05) is 6.61 Å². The van der Waals surface area contributed by atoms with Crippen LogP contribution >= 0.6 is 0 Å². The third kappa shape index (κ3) is 1.52. The molecule has 0 unspecified atom stereocenters. The van der Waals surface area contributed by atoms with Crippen LogP contribution in [0.3, 0.4) is 0 Å². The maximum atomic E-state index is 5.61. The van der Waals surface area contributed by atoms with Crippen LogP contribution in [0.4, 0.5) is 0 Å². The van der Waals surface area contributed by atoms with Crippen LogP contribution in [0.25, 0.3) is 0 Å². The van der Waals surface area contributed by atoms with Gasteiger partial charge in [0.05, 0.1) is 12.2 Å². The molecule has 1 heterocycles.